The van der Waals surface area contributed by atoms with Crippen LogP contribution in [0.1, 0.15) is 37.8 Å². The number of nitrogens with zero attached hydrogens (tertiary/aromatic N) is 4. The molecule has 1 atom stereocenters. The number of carbonyl (C=O) groups excluding carboxylic acids is 1. The summed E-state index contributed by atoms with van der Waals surface area (Å²) < 4.78 is 2.10. The highest BCUT2D eigenvalue weighted by Crippen LogP contribution is 2.15. The number of aryl methyl sites for hydroxylation is 1. The van der Waals surface area contributed by atoms with Gasteiger partial charge in [-0.3, -0.25) is 4.79 Å². The average molecular weight is 252 g/mol. The molecule has 1 N–H and O–H groups in total. The lowest BCUT2D eigenvalue weighted by atomic mass is 10.2. The first-order valence-corrected chi connectivity index (χ1v) is 6.41. The van der Waals surface area contributed by atoms with E-state index in [1.54, 1.807) is 18.9 Å². The van der Waals surface area contributed by atoms with Crippen molar-refractivity contribution in [3.05, 3.63) is 11.6 Å². The maximum atomic E-state index is 11.8. The molecule has 0 aromatic carbocycles. The van der Waals surface area contributed by atoms with Crippen molar-refractivity contribution in [2.75, 3.05) is 7.05 Å². The molecule has 0 aliphatic carbocycles. The van der Waals surface area contributed by atoms with Gasteiger partial charge in [0.25, 0.3) is 0 Å². The van der Waals surface area contributed by atoms with Crippen molar-refractivity contribution in [1.82, 2.24) is 19.7 Å². The summed E-state index contributed by atoms with van der Waals surface area (Å²) in [6.07, 6.45) is 2.53. The maximum Gasteiger partial charge on any atom is 0.222 e. The van der Waals surface area contributed by atoms with Crippen LogP contribution >= 0.6 is 0 Å². The topological polar surface area (TPSA) is 71.2 Å². The van der Waals surface area contributed by atoms with Crippen LogP contribution in [-0.2, 0) is 24.3 Å². The highest BCUT2D eigenvalue weighted by molar-refractivity contribution is 5.75. The summed E-state index contributed by atoms with van der Waals surface area (Å²) in [5, 5.41) is 17.4. The van der Waals surface area contributed by atoms with Crippen molar-refractivity contribution in [3.8, 4) is 0 Å². The molecule has 1 unspecified atom stereocenters. The van der Waals surface area contributed by atoms with E-state index < -0.39 is 6.10 Å². The minimum Gasteiger partial charge on any atom is -0.393 e. The summed E-state index contributed by atoms with van der Waals surface area (Å²) >= 11 is 0. The van der Waals surface area contributed by atoms with E-state index in [4.69, 9.17) is 5.11 Å². The molecule has 1 aromatic heterocycles. The van der Waals surface area contributed by atoms with E-state index >= 15 is 0 Å². The van der Waals surface area contributed by atoms with E-state index in [0.717, 1.165) is 31.0 Å². The zero-order chi connectivity index (χ0) is 13.1. The first kappa shape index (κ1) is 13.0. The SMILES string of the molecule is CC(O)CCC(=O)N(C)Cc1nnc2n1CCC2. The molecule has 0 saturated carbocycles. The van der Waals surface area contributed by atoms with Crippen LogP contribution in [0.5, 0.6) is 0 Å². The minimum atomic E-state index is -0.431. The van der Waals surface area contributed by atoms with Crippen LogP contribution in [-0.4, -0.2) is 43.8 Å². The maximum absolute atomic E-state index is 11.8. The Hall–Kier alpha value is -1.43. The number of rotatable bonds is 5. The van der Waals surface area contributed by atoms with Gasteiger partial charge in [0.05, 0.1) is 12.6 Å². The van der Waals surface area contributed by atoms with Crippen LogP contribution in [0, 0.1) is 0 Å². The molecule has 2 rings (SSSR count). The molecule has 1 aliphatic heterocycles. The number of fused-ring (bicyclic) bond motifs is 1. The van der Waals surface area contributed by atoms with Gasteiger partial charge in [0.2, 0.25) is 5.91 Å². The van der Waals surface area contributed by atoms with Gasteiger partial charge < -0.3 is 14.6 Å². The Morgan fingerprint density at radius 2 is 2.33 bits per heavy atom. The largest absolute Gasteiger partial charge is 0.393 e. The van der Waals surface area contributed by atoms with Gasteiger partial charge in [-0.1, -0.05) is 0 Å². The molecule has 0 saturated heterocycles. The average Bonchev–Trinajstić information content (AvgIpc) is 2.90. The lowest BCUT2D eigenvalue weighted by Crippen LogP contribution is -2.28. The third-order valence-electron chi connectivity index (χ3n) is 3.27. The predicted molar refractivity (Wildman–Crippen MR) is 65.7 cm³/mol. The van der Waals surface area contributed by atoms with Gasteiger partial charge in [-0.15, -0.1) is 10.2 Å². The molecule has 6 heteroatoms. The van der Waals surface area contributed by atoms with Gasteiger partial charge in [0.15, 0.2) is 5.82 Å². The molecule has 0 spiro atoms. The predicted octanol–water partition coefficient (Wildman–Crippen LogP) is 0.344. The molecule has 0 bridgehead atoms. The Kier molecular flexibility index (Phi) is 3.96. The number of aliphatic hydroxyl groups excluding tert-OH is 1. The second kappa shape index (κ2) is 5.48. The van der Waals surface area contributed by atoms with Crippen LogP contribution in [0.15, 0.2) is 0 Å². The normalized spacial score (nSPS) is 15.5. The molecule has 1 amide bonds. The Bertz CT molecular complexity index is 428. The lowest BCUT2D eigenvalue weighted by Gasteiger charge is -2.17. The van der Waals surface area contributed by atoms with Crippen molar-refractivity contribution in [2.45, 2.75) is 51.8 Å². The number of aliphatic hydroxyl groups is 1. The van der Waals surface area contributed by atoms with Crippen molar-refractivity contribution < 1.29 is 9.90 Å². The second-order valence-corrected chi connectivity index (χ2v) is 4.93. The summed E-state index contributed by atoms with van der Waals surface area (Å²) in [6.45, 7) is 3.14. The Labute approximate surface area is 107 Å². The molecule has 2 heterocycles. The van der Waals surface area contributed by atoms with Crippen molar-refractivity contribution >= 4 is 5.91 Å². The third kappa shape index (κ3) is 2.87. The summed E-state index contributed by atoms with van der Waals surface area (Å²) in [7, 11) is 1.76. The third-order valence-corrected chi connectivity index (χ3v) is 3.27. The van der Waals surface area contributed by atoms with Crippen molar-refractivity contribution in [1.29, 1.82) is 0 Å². The van der Waals surface area contributed by atoms with E-state index in [1.165, 1.54) is 0 Å². The molecule has 1 aromatic rings. The van der Waals surface area contributed by atoms with Gasteiger partial charge in [0.1, 0.15) is 5.82 Å². The highest BCUT2D eigenvalue weighted by atomic mass is 16.3. The second-order valence-electron chi connectivity index (χ2n) is 4.93. The standard InChI is InChI=1S/C12H20N4O2/c1-9(17)5-6-12(18)15(2)8-11-14-13-10-4-3-7-16(10)11/h9,17H,3-8H2,1-2H3. The molecule has 0 radical (unpaired) electrons. The van der Waals surface area contributed by atoms with Crippen LogP contribution in [0.4, 0.5) is 0 Å². The van der Waals surface area contributed by atoms with Crippen molar-refractivity contribution in [2.24, 2.45) is 0 Å². The zero-order valence-electron chi connectivity index (χ0n) is 11.0. The molecule has 100 valence electrons. The number of carbonyl (C=O) groups is 1. The van der Waals surface area contributed by atoms with Gasteiger partial charge in [-0.05, 0) is 19.8 Å². The summed E-state index contributed by atoms with van der Waals surface area (Å²) in [6, 6.07) is 0. The van der Waals surface area contributed by atoms with E-state index in [-0.39, 0.29) is 5.91 Å². The summed E-state index contributed by atoms with van der Waals surface area (Å²) in [5.74, 6) is 1.91. The van der Waals surface area contributed by atoms with Crippen LogP contribution in [0.25, 0.3) is 0 Å². The van der Waals surface area contributed by atoms with E-state index in [1.807, 2.05) is 0 Å². The fraction of sp³-hybridized carbons (Fsp3) is 0.750. The van der Waals surface area contributed by atoms with Gasteiger partial charge in [-0.2, -0.15) is 0 Å². The van der Waals surface area contributed by atoms with Gasteiger partial charge in [-0.25, -0.2) is 0 Å². The number of hydrogen-bond acceptors (Lipinski definition) is 4. The van der Waals surface area contributed by atoms with Gasteiger partial charge in [0, 0.05) is 26.4 Å². The lowest BCUT2D eigenvalue weighted by molar-refractivity contribution is -0.131. The summed E-state index contributed by atoms with van der Waals surface area (Å²) in [5.41, 5.74) is 0. The van der Waals surface area contributed by atoms with Crippen LogP contribution in [0.3, 0.4) is 0 Å². The van der Waals surface area contributed by atoms with Crippen LogP contribution in [0.2, 0.25) is 0 Å². The number of aromatic nitrogens is 3. The van der Waals surface area contributed by atoms with E-state index in [2.05, 4.69) is 14.8 Å². The monoisotopic (exact) mass is 252 g/mol. The zero-order valence-corrected chi connectivity index (χ0v) is 11.0. The van der Waals surface area contributed by atoms with Crippen LogP contribution < -0.4 is 0 Å². The van der Waals surface area contributed by atoms with E-state index in [9.17, 15) is 4.79 Å². The minimum absolute atomic E-state index is 0.0336. The fourth-order valence-corrected chi connectivity index (χ4v) is 2.15. The first-order valence-electron chi connectivity index (χ1n) is 6.41. The molecule has 1 aliphatic rings. The fourth-order valence-electron chi connectivity index (χ4n) is 2.15. The molecular formula is C12H20N4O2. The highest BCUT2D eigenvalue weighted by Gasteiger charge is 2.19. The van der Waals surface area contributed by atoms with E-state index in [0.29, 0.717) is 19.4 Å². The number of amides is 1. The quantitative estimate of drug-likeness (QED) is 0.820. The number of hydrogen-bond donors (Lipinski definition) is 1. The molecule has 6 nitrogen and oxygen atoms in total. The summed E-state index contributed by atoms with van der Waals surface area (Å²) in [4.78, 5) is 13.5. The molecule has 0 fully saturated rings. The van der Waals surface area contributed by atoms with Crippen molar-refractivity contribution in [3.63, 3.8) is 0 Å². The van der Waals surface area contributed by atoms with Gasteiger partial charge >= 0.3 is 0 Å². The Morgan fingerprint density at radius 3 is 3.06 bits per heavy atom. The first-order chi connectivity index (χ1) is 8.58. The smallest absolute Gasteiger partial charge is 0.222 e. The Morgan fingerprint density at radius 1 is 1.56 bits per heavy atom. The molecular weight excluding hydrogens is 232 g/mol. The molecule has 18 heavy (non-hydrogen) atoms. The Balaban J connectivity index is 1.90.